The minimum Gasteiger partial charge on any atom is -0.207 e. The van der Waals surface area contributed by atoms with Crippen molar-refractivity contribution in [3.8, 4) is 0 Å². The Balaban J connectivity index is 2.21. The largest absolute Gasteiger partial charge is 0.207 e. The van der Waals surface area contributed by atoms with Gasteiger partial charge in [0.25, 0.3) is 0 Å². The highest BCUT2D eigenvalue weighted by Gasteiger charge is 2.14. The molecule has 2 aromatic carbocycles. The van der Waals surface area contributed by atoms with Gasteiger partial charge in [0.05, 0.1) is 5.38 Å². The van der Waals surface area contributed by atoms with E-state index in [2.05, 4.69) is 15.9 Å². The SMILES string of the molecule is Cc1ccc(F)c(C(Cl)Cc2cccc(Br)c2)c1. The number of hydrogen-bond acceptors (Lipinski definition) is 0. The van der Waals surface area contributed by atoms with Crippen molar-refractivity contribution in [1.82, 2.24) is 0 Å². The maximum Gasteiger partial charge on any atom is 0.127 e. The van der Waals surface area contributed by atoms with Gasteiger partial charge in [-0.15, -0.1) is 11.6 Å². The average molecular weight is 328 g/mol. The fourth-order valence-electron chi connectivity index (χ4n) is 1.88. The average Bonchev–Trinajstić information content (AvgIpc) is 2.32. The van der Waals surface area contributed by atoms with Gasteiger partial charge >= 0.3 is 0 Å². The van der Waals surface area contributed by atoms with Gasteiger partial charge in [-0.2, -0.15) is 0 Å². The number of alkyl halides is 1. The Hall–Kier alpha value is -0.860. The van der Waals surface area contributed by atoms with Crippen LogP contribution in [0.25, 0.3) is 0 Å². The highest BCUT2D eigenvalue weighted by atomic mass is 79.9. The molecular formula is C15H13BrClF. The van der Waals surface area contributed by atoms with Crippen molar-refractivity contribution in [2.24, 2.45) is 0 Å². The summed E-state index contributed by atoms with van der Waals surface area (Å²) in [6.07, 6.45) is 0.612. The topological polar surface area (TPSA) is 0 Å². The van der Waals surface area contributed by atoms with Crippen LogP contribution >= 0.6 is 27.5 Å². The van der Waals surface area contributed by atoms with Gasteiger partial charge in [0.2, 0.25) is 0 Å². The second kappa shape index (κ2) is 5.85. The summed E-state index contributed by atoms with van der Waals surface area (Å²) >= 11 is 9.73. The van der Waals surface area contributed by atoms with Crippen LogP contribution in [0, 0.1) is 12.7 Å². The normalized spacial score (nSPS) is 12.4. The standard InChI is InChI=1S/C15H13BrClF/c1-10-5-6-15(18)13(7-10)14(17)9-11-3-2-4-12(16)8-11/h2-8,14H,9H2,1H3. The fourth-order valence-corrected chi connectivity index (χ4v) is 2.68. The first-order chi connectivity index (χ1) is 8.56. The highest BCUT2D eigenvalue weighted by Crippen LogP contribution is 2.28. The maximum absolute atomic E-state index is 13.7. The Kier molecular flexibility index (Phi) is 4.41. The van der Waals surface area contributed by atoms with Gasteiger partial charge in [0, 0.05) is 10.0 Å². The zero-order valence-corrected chi connectivity index (χ0v) is 12.3. The van der Waals surface area contributed by atoms with Gasteiger partial charge < -0.3 is 0 Å². The molecule has 0 saturated heterocycles. The second-order valence-corrected chi connectivity index (χ2v) is 5.77. The predicted octanol–water partition coefficient (Wildman–Crippen LogP) is 5.42. The summed E-state index contributed by atoms with van der Waals surface area (Å²) in [5.74, 6) is -0.240. The van der Waals surface area contributed by atoms with Gasteiger partial charge in [0.1, 0.15) is 5.82 Å². The third-order valence-electron chi connectivity index (χ3n) is 2.79. The summed E-state index contributed by atoms with van der Waals surface area (Å²) < 4.78 is 14.7. The molecule has 94 valence electrons. The van der Waals surface area contributed by atoms with Gasteiger partial charge in [-0.1, -0.05) is 45.8 Å². The Bertz CT molecular complexity index is 554. The van der Waals surface area contributed by atoms with Gasteiger partial charge in [-0.05, 0) is 37.1 Å². The van der Waals surface area contributed by atoms with Crippen LogP contribution in [0.1, 0.15) is 22.1 Å². The van der Waals surface area contributed by atoms with Crippen molar-refractivity contribution in [2.75, 3.05) is 0 Å². The number of aryl methyl sites for hydroxylation is 1. The molecule has 3 heteroatoms. The lowest BCUT2D eigenvalue weighted by Gasteiger charge is -2.12. The van der Waals surface area contributed by atoms with Crippen molar-refractivity contribution >= 4 is 27.5 Å². The van der Waals surface area contributed by atoms with Crippen LogP contribution in [0.5, 0.6) is 0 Å². The van der Waals surface area contributed by atoms with E-state index in [0.29, 0.717) is 12.0 Å². The molecule has 0 nitrogen and oxygen atoms in total. The van der Waals surface area contributed by atoms with Crippen molar-refractivity contribution in [2.45, 2.75) is 18.7 Å². The Labute approximate surface area is 120 Å². The minimum absolute atomic E-state index is 0.240. The smallest absolute Gasteiger partial charge is 0.127 e. The molecule has 18 heavy (non-hydrogen) atoms. The summed E-state index contributed by atoms with van der Waals surface area (Å²) in [7, 11) is 0. The first-order valence-corrected chi connectivity index (χ1v) is 6.94. The minimum atomic E-state index is -0.348. The molecule has 0 aliphatic carbocycles. The molecule has 0 saturated carbocycles. The van der Waals surface area contributed by atoms with Gasteiger partial charge in [0.15, 0.2) is 0 Å². The number of halogens is 3. The Morgan fingerprint density at radius 1 is 1.22 bits per heavy atom. The molecule has 2 rings (SSSR count). The zero-order chi connectivity index (χ0) is 13.1. The van der Waals surface area contributed by atoms with Gasteiger partial charge in [-0.3, -0.25) is 0 Å². The van der Waals surface area contributed by atoms with Crippen molar-refractivity contribution in [3.05, 3.63) is 69.4 Å². The molecular weight excluding hydrogens is 315 g/mol. The van der Waals surface area contributed by atoms with E-state index in [0.717, 1.165) is 15.6 Å². The fraction of sp³-hybridized carbons (Fsp3) is 0.200. The van der Waals surface area contributed by atoms with E-state index in [1.54, 1.807) is 6.07 Å². The molecule has 0 aromatic heterocycles. The summed E-state index contributed by atoms with van der Waals surface area (Å²) in [5, 5.41) is -0.348. The number of rotatable bonds is 3. The van der Waals surface area contributed by atoms with Gasteiger partial charge in [-0.25, -0.2) is 4.39 Å². The third-order valence-corrected chi connectivity index (χ3v) is 3.68. The van der Waals surface area contributed by atoms with Crippen LogP contribution in [0.15, 0.2) is 46.9 Å². The summed E-state index contributed by atoms with van der Waals surface area (Å²) in [6.45, 7) is 1.94. The Morgan fingerprint density at radius 2 is 2.00 bits per heavy atom. The van der Waals surface area contributed by atoms with E-state index in [4.69, 9.17) is 11.6 Å². The van der Waals surface area contributed by atoms with Crippen molar-refractivity contribution in [1.29, 1.82) is 0 Å². The van der Waals surface area contributed by atoms with Crippen LogP contribution in [-0.4, -0.2) is 0 Å². The van der Waals surface area contributed by atoms with Crippen molar-refractivity contribution in [3.63, 3.8) is 0 Å². The van der Waals surface area contributed by atoms with Crippen molar-refractivity contribution < 1.29 is 4.39 Å². The summed E-state index contributed by atoms with van der Waals surface area (Å²) in [5.41, 5.74) is 2.67. The van der Waals surface area contributed by atoms with Crippen LogP contribution < -0.4 is 0 Å². The molecule has 1 atom stereocenters. The van der Waals surface area contributed by atoms with Crippen LogP contribution in [0.4, 0.5) is 4.39 Å². The first-order valence-electron chi connectivity index (χ1n) is 5.71. The molecule has 0 fully saturated rings. The van der Waals surface area contributed by atoms with E-state index in [1.165, 1.54) is 6.07 Å². The summed E-state index contributed by atoms with van der Waals surface area (Å²) in [4.78, 5) is 0. The number of benzene rings is 2. The predicted molar refractivity (Wildman–Crippen MR) is 77.6 cm³/mol. The van der Waals surface area contributed by atoms with Crippen LogP contribution in [0.2, 0.25) is 0 Å². The maximum atomic E-state index is 13.7. The van der Waals surface area contributed by atoms with E-state index in [-0.39, 0.29) is 11.2 Å². The Morgan fingerprint density at radius 3 is 2.72 bits per heavy atom. The molecule has 0 heterocycles. The lowest BCUT2D eigenvalue weighted by atomic mass is 10.0. The molecule has 0 radical (unpaired) electrons. The van der Waals surface area contributed by atoms with Crippen LogP contribution in [-0.2, 0) is 6.42 Å². The lowest BCUT2D eigenvalue weighted by molar-refractivity contribution is 0.605. The molecule has 0 aliphatic heterocycles. The molecule has 0 spiro atoms. The van der Waals surface area contributed by atoms with E-state index in [1.807, 2.05) is 37.3 Å². The third kappa shape index (κ3) is 3.33. The summed E-state index contributed by atoms with van der Waals surface area (Å²) in [6, 6.07) is 12.9. The van der Waals surface area contributed by atoms with E-state index in [9.17, 15) is 4.39 Å². The molecule has 1 unspecified atom stereocenters. The molecule has 2 aromatic rings. The number of hydrogen-bond donors (Lipinski definition) is 0. The molecule has 0 bridgehead atoms. The molecule has 0 amide bonds. The van der Waals surface area contributed by atoms with Crippen LogP contribution in [0.3, 0.4) is 0 Å². The molecule has 0 aliphatic rings. The highest BCUT2D eigenvalue weighted by molar-refractivity contribution is 9.10. The molecule has 0 N–H and O–H groups in total. The second-order valence-electron chi connectivity index (χ2n) is 4.33. The monoisotopic (exact) mass is 326 g/mol. The van der Waals surface area contributed by atoms with E-state index >= 15 is 0 Å². The quantitative estimate of drug-likeness (QED) is 0.660. The zero-order valence-electron chi connectivity index (χ0n) is 9.96. The van der Waals surface area contributed by atoms with E-state index < -0.39 is 0 Å². The first kappa shape index (κ1) is 13.6. The lowest BCUT2D eigenvalue weighted by Crippen LogP contribution is -1.99.